The fraction of sp³-hybridized carbons (Fsp3) is 0.133. The number of ether oxygens (including phenoxy) is 1. The van der Waals surface area contributed by atoms with Crippen molar-refractivity contribution in [3.8, 4) is 29.4 Å². The van der Waals surface area contributed by atoms with Gasteiger partial charge in [0, 0.05) is 17.3 Å². The monoisotopic (exact) mass is 223 g/mol. The number of pyridine rings is 1. The number of hydrogen-bond acceptors (Lipinski definition) is 2. The number of rotatable bonds is 2. The van der Waals surface area contributed by atoms with Crippen LogP contribution in [-0.2, 0) is 0 Å². The van der Waals surface area contributed by atoms with Crippen LogP contribution in [0.25, 0.3) is 11.3 Å². The maximum Gasteiger partial charge on any atom is 0.128 e. The third-order valence-electron chi connectivity index (χ3n) is 2.56. The van der Waals surface area contributed by atoms with E-state index in [1.54, 1.807) is 13.3 Å². The second-order valence-electron chi connectivity index (χ2n) is 3.78. The standard InChI is InChI=1S/C15H13NO/c1-4-12-5-6-15(17-3)13(10-12)14-9-11(2)7-8-16-14/h1,5-10H,2-3H3. The van der Waals surface area contributed by atoms with E-state index in [2.05, 4.69) is 10.9 Å². The highest BCUT2D eigenvalue weighted by atomic mass is 16.5. The van der Waals surface area contributed by atoms with Crippen LogP contribution in [0, 0.1) is 19.3 Å². The smallest absolute Gasteiger partial charge is 0.128 e. The van der Waals surface area contributed by atoms with Gasteiger partial charge in [-0.2, -0.15) is 0 Å². The largest absolute Gasteiger partial charge is 0.496 e. The Hall–Kier alpha value is -2.27. The lowest BCUT2D eigenvalue weighted by Crippen LogP contribution is -1.91. The third-order valence-corrected chi connectivity index (χ3v) is 2.56. The van der Waals surface area contributed by atoms with Gasteiger partial charge in [-0.1, -0.05) is 5.92 Å². The van der Waals surface area contributed by atoms with Gasteiger partial charge in [0.25, 0.3) is 0 Å². The van der Waals surface area contributed by atoms with Crippen LogP contribution >= 0.6 is 0 Å². The number of benzene rings is 1. The van der Waals surface area contributed by atoms with Crippen LogP contribution in [0.5, 0.6) is 5.75 Å². The molecule has 0 saturated heterocycles. The molecule has 0 bridgehead atoms. The van der Waals surface area contributed by atoms with E-state index in [1.165, 1.54) is 0 Å². The SMILES string of the molecule is C#Cc1ccc(OC)c(-c2cc(C)ccn2)c1. The first-order valence-electron chi connectivity index (χ1n) is 5.32. The van der Waals surface area contributed by atoms with E-state index >= 15 is 0 Å². The molecule has 0 radical (unpaired) electrons. The van der Waals surface area contributed by atoms with E-state index in [0.717, 1.165) is 28.1 Å². The summed E-state index contributed by atoms with van der Waals surface area (Å²) in [4.78, 5) is 4.35. The molecule has 0 fully saturated rings. The zero-order chi connectivity index (χ0) is 12.3. The average molecular weight is 223 g/mol. The molecule has 0 spiro atoms. The summed E-state index contributed by atoms with van der Waals surface area (Å²) in [7, 11) is 1.64. The molecule has 0 aliphatic rings. The van der Waals surface area contributed by atoms with Crippen molar-refractivity contribution in [3.63, 3.8) is 0 Å². The second-order valence-corrected chi connectivity index (χ2v) is 3.78. The first-order valence-corrected chi connectivity index (χ1v) is 5.32. The Balaban J connectivity index is 2.61. The van der Waals surface area contributed by atoms with Crippen molar-refractivity contribution >= 4 is 0 Å². The molecular weight excluding hydrogens is 210 g/mol. The minimum Gasteiger partial charge on any atom is -0.496 e. The van der Waals surface area contributed by atoms with Crippen molar-refractivity contribution in [2.75, 3.05) is 7.11 Å². The molecule has 0 unspecified atom stereocenters. The maximum atomic E-state index is 5.41. The molecule has 1 heterocycles. The molecular formula is C15H13NO. The lowest BCUT2D eigenvalue weighted by Gasteiger charge is -2.09. The molecule has 2 aromatic rings. The van der Waals surface area contributed by atoms with Crippen LogP contribution < -0.4 is 4.74 Å². The Labute approximate surface area is 101 Å². The molecule has 1 aromatic carbocycles. The van der Waals surface area contributed by atoms with Crippen LogP contribution in [0.4, 0.5) is 0 Å². The summed E-state index contributed by atoms with van der Waals surface area (Å²) in [6, 6.07) is 9.62. The van der Waals surface area contributed by atoms with E-state index < -0.39 is 0 Å². The van der Waals surface area contributed by atoms with Crippen molar-refractivity contribution < 1.29 is 4.74 Å². The molecule has 2 rings (SSSR count). The summed E-state index contributed by atoms with van der Waals surface area (Å²) in [5, 5.41) is 0. The highest BCUT2D eigenvalue weighted by molar-refractivity contribution is 5.69. The summed E-state index contributed by atoms with van der Waals surface area (Å²) in [5.74, 6) is 3.40. The predicted molar refractivity (Wildman–Crippen MR) is 68.9 cm³/mol. The number of aromatic nitrogens is 1. The zero-order valence-electron chi connectivity index (χ0n) is 9.90. The minimum atomic E-state index is 0.780. The topological polar surface area (TPSA) is 22.1 Å². The minimum absolute atomic E-state index is 0.780. The van der Waals surface area contributed by atoms with Gasteiger partial charge in [-0.15, -0.1) is 6.42 Å². The summed E-state index contributed by atoms with van der Waals surface area (Å²) in [6.07, 6.45) is 7.19. The van der Waals surface area contributed by atoms with Crippen LogP contribution in [0.2, 0.25) is 0 Å². The molecule has 0 atom stereocenters. The number of terminal acetylenes is 1. The van der Waals surface area contributed by atoms with Gasteiger partial charge in [-0.3, -0.25) is 4.98 Å². The molecule has 0 aliphatic heterocycles. The summed E-state index contributed by atoms with van der Waals surface area (Å²) in [6.45, 7) is 2.03. The van der Waals surface area contributed by atoms with E-state index in [9.17, 15) is 0 Å². The highest BCUT2D eigenvalue weighted by Gasteiger charge is 2.07. The lowest BCUT2D eigenvalue weighted by atomic mass is 10.1. The van der Waals surface area contributed by atoms with Crippen LogP contribution in [0.3, 0.4) is 0 Å². The Bertz CT molecular complexity index is 582. The Morgan fingerprint density at radius 3 is 2.71 bits per heavy atom. The molecule has 2 heteroatoms. The van der Waals surface area contributed by atoms with Crippen molar-refractivity contribution in [3.05, 3.63) is 47.7 Å². The number of methoxy groups -OCH3 is 1. The first kappa shape index (κ1) is 11.2. The zero-order valence-corrected chi connectivity index (χ0v) is 9.90. The van der Waals surface area contributed by atoms with Gasteiger partial charge in [-0.05, 0) is 42.8 Å². The molecule has 1 aromatic heterocycles. The maximum absolute atomic E-state index is 5.41. The van der Waals surface area contributed by atoms with Gasteiger partial charge in [0.1, 0.15) is 5.75 Å². The average Bonchev–Trinajstić information content (AvgIpc) is 2.38. The Morgan fingerprint density at radius 2 is 2.06 bits per heavy atom. The second kappa shape index (κ2) is 4.71. The van der Waals surface area contributed by atoms with Gasteiger partial charge in [0.15, 0.2) is 0 Å². The van der Waals surface area contributed by atoms with Gasteiger partial charge in [0.05, 0.1) is 12.8 Å². The van der Waals surface area contributed by atoms with E-state index in [0.29, 0.717) is 0 Å². The fourth-order valence-corrected chi connectivity index (χ4v) is 1.68. The quantitative estimate of drug-likeness (QED) is 0.730. The highest BCUT2D eigenvalue weighted by Crippen LogP contribution is 2.29. The van der Waals surface area contributed by atoms with Crippen molar-refractivity contribution in [1.82, 2.24) is 4.98 Å². The molecule has 0 aliphatic carbocycles. The molecule has 0 amide bonds. The van der Waals surface area contributed by atoms with Gasteiger partial charge in [-0.25, -0.2) is 0 Å². The Kier molecular flexibility index (Phi) is 3.11. The molecule has 2 nitrogen and oxygen atoms in total. The predicted octanol–water partition coefficient (Wildman–Crippen LogP) is 3.05. The van der Waals surface area contributed by atoms with Gasteiger partial charge < -0.3 is 4.74 Å². The van der Waals surface area contributed by atoms with E-state index in [1.807, 2.05) is 37.3 Å². The number of aryl methyl sites for hydroxylation is 1. The van der Waals surface area contributed by atoms with Gasteiger partial charge >= 0.3 is 0 Å². The van der Waals surface area contributed by atoms with E-state index in [4.69, 9.17) is 11.2 Å². The summed E-state index contributed by atoms with van der Waals surface area (Å²) < 4.78 is 5.33. The molecule has 17 heavy (non-hydrogen) atoms. The lowest BCUT2D eigenvalue weighted by molar-refractivity contribution is 0.416. The number of hydrogen-bond donors (Lipinski definition) is 0. The van der Waals surface area contributed by atoms with Gasteiger partial charge in [0.2, 0.25) is 0 Å². The molecule has 0 saturated carbocycles. The van der Waals surface area contributed by atoms with Crippen LogP contribution in [0.1, 0.15) is 11.1 Å². The first-order chi connectivity index (χ1) is 8.24. The van der Waals surface area contributed by atoms with Crippen molar-refractivity contribution in [1.29, 1.82) is 0 Å². The number of nitrogens with zero attached hydrogens (tertiary/aromatic N) is 1. The Morgan fingerprint density at radius 1 is 1.24 bits per heavy atom. The summed E-state index contributed by atoms with van der Waals surface area (Å²) >= 11 is 0. The normalized spacial score (nSPS) is 9.71. The van der Waals surface area contributed by atoms with Crippen LogP contribution in [0.15, 0.2) is 36.5 Å². The fourth-order valence-electron chi connectivity index (χ4n) is 1.68. The molecule has 84 valence electrons. The summed E-state index contributed by atoms with van der Waals surface area (Å²) in [5.41, 5.74) is 3.78. The van der Waals surface area contributed by atoms with Crippen molar-refractivity contribution in [2.24, 2.45) is 0 Å². The van der Waals surface area contributed by atoms with Crippen LogP contribution in [-0.4, -0.2) is 12.1 Å². The van der Waals surface area contributed by atoms with Crippen molar-refractivity contribution in [2.45, 2.75) is 6.92 Å². The third kappa shape index (κ3) is 2.29. The molecule has 0 N–H and O–H groups in total. The van der Waals surface area contributed by atoms with E-state index in [-0.39, 0.29) is 0 Å².